The molecule has 4 rings (SSSR count). The van der Waals surface area contributed by atoms with Crippen molar-refractivity contribution in [2.45, 2.75) is 12.8 Å². The fourth-order valence-corrected chi connectivity index (χ4v) is 3.61. The number of amides is 2. The van der Waals surface area contributed by atoms with Crippen molar-refractivity contribution < 1.29 is 18.4 Å². The van der Waals surface area contributed by atoms with Crippen LogP contribution >= 0.6 is 0 Å². The predicted molar refractivity (Wildman–Crippen MR) is 110 cm³/mol. The standard InChI is InChI=1S/C22H20F2N4O3/c23-16-6-5-14(13-17(16)24)22(31)28-11-9-27(10-12-28)20(29)8-7-19-25-18-4-2-1-3-15(18)21(30)26-19/h1-6,13H,7-12H2,(H,25,26,30). The monoisotopic (exact) mass is 426 g/mol. The molecule has 160 valence electrons. The van der Waals surface area contributed by atoms with Crippen LogP contribution in [-0.2, 0) is 11.2 Å². The van der Waals surface area contributed by atoms with Crippen molar-refractivity contribution in [3.63, 3.8) is 0 Å². The number of hydrogen-bond donors (Lipinski definition) is 1. The number of fused-ring (bicyclic) bond motifs is 1. The lowest BCUT2D eigenvalue weighted by molar-refractivity contribution is -0.132. The van der Waals surface area contributed by atoms with E-state index >= 15 is 0 Å². The summed E-state index contributed by atoms with van der Waals surface area (Å²) in [4.78, 5) is 47.4. The largest absolute Gasteiger partial charge is 0.339 e. The first-order valence-electron chi connectivity index (χ1n) is 9.92. The van der Waals surface area contributed by atoms with Crippen molar-refractivity contribution in [3.8, 4) is 0 Å². The van der Waals surface area contributed by atoms with Crippen LogP contribution in [0.25, 0.3) is 10.9 Å². The number of hydrogen-bond acceptors (Lipinski definition) is 4. The van der Waals surface area contributed by atoms with Gasteiger partial charge in [-0.15, -0.1) is 0 Å². The van der Waals surface area contributed by atoms with Gasteiger partial charge in [0.1, 0.15) is 5.82 Å². The van der Waals surface area contributed by atoms with Crippen LogP contribution < -0.4 is 5.56 Å². The first-order valence-corrected chi connectivity index (χ1v) is 9.92. The van der Waals surface area contributed by atoms with Crippen molar-refractivity contribution in [2.24, 2.45) is 0 Å². The summed E-state index contributed by atoms with van der Waals surface area (Å²) in [5.74, 6) is -2.13. The highest BCUT2D eigenvalue weighted by molar-refractivity contribution is 5.94. The van der Waals surface area contributed by atoms with Crippen LogP contribution in [0.2, 0.25) is 0 Å². The first kappa shape index (κ1) is 20.6. The molecular formula is C22H20F2N4O3. The zero-order valence-corrected chi connectivity index (χ0v) is 16.6. The van der Waals surface area contributed by atoms with E-state index in [1.54, 1.807) is 29.2 Å². The number of carbonyl (C=O) groups excluding carboxylic acids is 2. The molecular weight excluding hydrogens is 406 g/mol. The van der Waals surface area contributed by atoms with Gasteiger partial charge in [0.25, 0.3) is 11.5 Å². The van der Waals surface area contributed by atoms with Crippen LogP contribution in [0.3, 0.4) is 0 Å². The number of nitrogens with zero attached hydrogens (tertiary/aromatic N) is 3. The fraction of sp³-hybridized carbons (Fsp3) is 0.273. The fourth-order valence-electron chi connectivity index (χ4n) is 3.61. The second-order valence-corrected chi connectivity index (χ2v) is 7.33. The Morgan fingerprint density at radius 2 is 1.68 bits per heavy atom. The molecule has 1 aliphatic heterocycles. The zero-order valence-electron chi connectivity index (χ0n) is 16.6. The van der Waals surface area contributed by atoms with E-state index in [2.05, 4.69) is 9.97 Å². The molecule has 0 aliphatic carbocycles. The molecule has 0 spiro atoms. The summed E-state index contributed by atoms with van der Waals surface area (Å²) in [5.41, 5.74) is 0.417. The Hall–Kier alpha value is -3.62. The zero-order chi connectivity index (χ0) is 22.0. The third-order valence-electron chi connectivity index (χ3n) is 5.32. The summed E-state index contributed by atoms with van der Waals surface area (Å²) in [6, 6.07) is 10.1. The third kappa shape index (κ3) is 4.45. The normalized spacial score (nSPS) is 14.1. The van der Waals surface area contributed by atoms with E-state index in [0.29, 0.717) is 49.3 Å². The molecule has 9 heteroatoms. The van der Waals surface area contributed by atoms with Crippen molar-refractivity contribution in [1.29, 1.82) is 0 Å². The minimum absolute atomic E-state index is 0.0741. The molecule has 1 aliphatic rings. The molecule has 2 heterocycles. The summed E-state index contributed by atoms with van der Waals surface area (Å²) in [6.45, 7) is 1.29. The Morgan fingerprint density at radius 1 is 0.968 bits per heavy atom. The Labute approximate surface area is 176 Å². The number of benzene rings is 2. The lowest BCUT2D eigenvalue weighted by Crippen LogP contribution is -2.50. The van der Waals surface area contributed by atoms with Crippen LogP contribution in [0.5, 0.6) is 0 Å². The highest BCUT2D eigenvalue weighted by Gasteiger charge is 2.25. The van der Waals surface area contributed by atoms with Crippen LogP contribution in [0.15, 0.2) is 47.3 Å². The van der Waals surface area contributed by atoms with Crippen molar-refractivity contribution in [3.05, 3.63) is 75.8 Å². The van der Waals surface area contributed by atoms with Crippen molar-refractivity contribution >= 4 is 22.7 Å². The highest BCUT2D eigenvalue weighted by Crippen LogP contribution is 2.14. The molecule has 0 bridgehead atoms. The summed E-state index contributed by atoms with van der Waals surface area (Å²) < 4.78 is 26.5. The summed E-state index contributed by atoms with van der Waals surface area (Å²) >= 11 is 0. The Bertz CT molecular complexity index is 1200. The second-order valence-electron chi connectivity index (χ2n) is 7.33. The lowest BCUT2D eigenvalue weighted by Gasteiger charge is -2.35. The number of piperazine rings is 1. The smallest absolute Gasteiger partial charge is 0.258 e. The summed E-state index contributed by atoms with van der Waals surface area (Å²) in [6.07, 6.45) is 0.477. The molecule has 3 aromatic rings. The summed E-state index contributed by atoms with van der Waals surface area (Å²) in [5, 5.41) is 0.499. The van der Waals surface area contributed by atoms with Gasteiger partial charge in [-0.3, -0.25) is 14.4 Å². The van der Waals surface area contributed by atoms with E-state index < -0.39 is 17.5 Å². The van der Waals surface area contributed by atoms with Gasteiger partial charge in [0, 0.05) is 44.6 Å². The molecule has 1 saturated heterocycles. The highest BCUT2D eigenvalue weighted by atomic mass is 19.2. The molecule has 2 aromatic carbocycles. The number of para-hydroxylation sites is 1. The number of rotatable bonds is 4. The second kappa shape index (κ2) is 8.63. The van der Waals surface area contributed by atoms with Gasteiger partial charge >= 0.3 is 0 Å². The molecule has 2 amide bonds. The average molecular weight is 426 g/mol. The Morgan fingerprint density at radius 3 is 2.42 bits per heavy atom. The van der Waals surface area contributed by atoms with Crippen molar-refractivity contribution in [1.82, 2.24) is 19.8 Å². The van der Waals surface area contributed by atoms with Gasteiger partial charge < -0.3 is 14.8 Å². The maximum absolute atomic E-state index is 13.4. The van der Waals surface area contributed by atoms with Gasteiger partial charge in [-0.2, -0.15) is 0 Å². The number of carbonyl (C=O) groups is 2. The molecule has 0 saturated carbocycles. The van der Waals surface area contributed by atoms with Gasteiger partial charge in [-0.05, 0) is 30.3 Å². The van der Waals surface area contributed by atoms with Gasteiger partial charge in [0.15, 0.2) is 11.6 Å². The molecule has 0 unspecified atom stereocenters. The number of aryl methyl sites for hydroxylation is 1. The van der Waals surface area contributed by atoms with E-state index in [0.717, 1.165) is 12.1 Å². The van der Waals surface area contributed by atoms with E-state index in [9.17, 15) is 23.2 Å². The number of nitrogens with one attached hydrogen (secondary N) is 1. The molecule has 1 aromatic heterocycles. The topological polar surface area (TPSA) is 86.4 Å². The molecule has 1 fully saturated rings. The number of halogens is 2. The van der Waals surface area contributed by atoms with E-state index in [4.69, 9.17) is 0 Å². The molecule has 31 heavy (non-hydrogen) atoms. The quantitative estimate of drug-likeness (QED) is 0.693. The van der Waals surface area contributed by atoms with Crippen LogP contribution in [-0.4, -0.2) is 57.8 Å². The molecule has 7 nitrogen and oxygen atoms in total. The maximum Gasteiger partial charge on any atom is 0.258 e. The van der Waals surface area contributed by atoms with Crippen LogP contribution in [0.4, 0.5) is 8.78 Å². The van der Waals surface area contributed by atoms with E-state index in [-0.39, 0.29) is 23.5 Å². The van der Waals surface area contributed by atoms with Gasteiger partial charge in [-0.25, -0.2) is 13.8 Å². The predicted octanol–water partition coefficient (Wildman–Crippen LogP) is 2.12. The van der Waals surface area contributed by atoms with Gasteiger partial charge in [0.2, 0.25) is 5.91 Å². The van der Waals surface area contributed by atoms with Crippen LogP contribution in [0.1, 0.15) is 22.6 Å². The molecule has 0 radical (unpaired) electrons. The average Bonchev–Trinajstić information content (AvgIpc) is 2.79. The minimum Gasteiger partial charge on any atom is -0.339 e. The van der Waals surface area contributed by atoms with E-state index in [1.807, 2.05) is 0 Å². The maximum atomic E-state index is 13.4. The SMILES string of the molecule is O=C(CCc1nc2ccccc2c(=O)[nH]1)N1CCN(C(=O)c2ccc(F)c(F)c2)CC1. The number of aromatic nitrogens is 2. The van der Waals surface area contributed by atoms with Crippen LogP contribution in [0, 0.1) is 11.6 Å². The number of H-pyrrole nitrogens is 1. The Balaban J connectivity index is 1.33. The van der Waals surface area contributed by atoms with E-state index in [1.165, 1.54) is 11.0 Å². The van der Waals surface area contributed by atoms with Gasteiger partial charge in [0.05, 0.1) is 10.9 Å². The molecule has 0 atom stereocenters. The molecule has 1 N–H and O–H groups in total. The van der Waals surface area contributed by atoms with Gasteiger partial charge in [-0.1, -0.05) is 12.1 Å². The Kier molecular flexibility index (Phi) is 5.75. The minimum atomic E-state index is -1.07. The summed E-state index contributed by atoms with van der Waals surface area (Å²) in [7, 11) is 0. The third-order valence-corrected chi connectivity index (χ3v) is 5.32. The number of aromatic amines is 1. The van der Waals surface area contributed by atoms with Crippen molar-refractivity contribution in [2.75, 3.05) is 26.2 Å². The first-order chi connectivity index (χ1) is 14.9. The lowest BCUT2D eigenvalue weighted by atomic mass is 10.1.